The summed E-state index contributed by atoms with van der Waals surface area (Å²) >= 11 is 1.37. The SMILES string of the molecule is COc1ccccc1CN1C(=N)S[C@H]2CS(=O)(=O)C[C@@H]21. The quantitative estimate of drug-likeness (QED) is 0.912. The van der Waals surface area contributed by atoms with Crippen LogP contribution in [0.15, 0.2) is 24.3 Å². The van der Waals surface area contributed by atoms with E-state index in [-0.39, 0.29) is 22.8 Å². The van der Waals surface area contributed by atoms with Crippen LogP contribution in [0.25, 0.3) is 0 Å². The van der Waals surface area contributed by atoms with Gasteiger partial charge in [0.1, 0.15) is 5.75 Å². The van der Waals surface area contributed by atoms with Crippen LogP contribution in [0.5, 0.6) is 5.75 Å². The first-order valence-corrected chi connectivity index (χ1v) is 9.04. The van der Waals surface area contributed by atoms with Crippen LogP contribution in [0.1, 0.15) is 5.56 Å². The van der Waals surface area contributed by atoms with E-state index in [1.54, 1.807) is 7.11 Å². The number of thioether (sulfide) groups is 1. The fourth-order valence-corrected chi connectivity index (χ4v) is 6.60. The van der Waals surface area contributed by atoms with E-state index >= 15 is 0 Å². The third-order valence-corrected chi connectivity index (χ3v) is 6.90. The van der Waals surface area contributed by atoms with E-state index in [9.17, 15) is 8.42 Å². The summed E-state index contributed by atoms with van der Waals surface area (Å²) in [6, 6.07) is 7.57. The van der Waals surface area contributed by atoms with Crippen LogP contribution < -0.4 is 4.74 Å². The number of ether oxygens (including phenoxy) is 1. The number of nitrogens with zero attached hydrogens (tertiary/aromatic N) is 1. The minimum atomic E-state index is -2.96. The highest BCUT2D eigenvalue weighted by molar-refractivity contribution is 8.15. The summed E-state index contributed by atoms with van der Waals surface area (Å²) in [6.07, 6.45) is 0. The number of hydrogen-bond donors (Lipinski definition) is 1. The minimum Gasteiger partial charge on any atom is -0.496 e. The van der Waals surface area contributed by atoms with E-state index in [1.807, 2.05) is 29.2 Å². The van der Waals surface area contributed by atoms with Gasteiger partial charge in [0.25, 0.3) is 0 Å². The molecule has 0 bridgehead atoms. The number of rotatable bonds is 3. The molecule has 20 heavy (non-hydrogen) atoms. The van der Waals surface area contributed by atoms with Crippen LogP contribution in [-0.2, 0) is 16.4 Å². The maximum absolute atomic E-state index is 11.7. The summed E-state index contributed by atoms with van der Waals surface area (Å²) in [6.45, 7) is 0.520. The molecule has 2 heterocycles. The van der Waals surface area contributed by atoms with Crippen LogP contribution in [0, 0.1) is 5.41 Å². The average Bonchev–Trinajstić information content (AvgIpc) is 2.83. The van der Waals surface area contributed by atoms with Gasteiger partial charge in [0.15, 0.2) is 15.0 Å². The van der Waals surface area contributed by atoms with Crippen molar-refractivity contribution in [3.63, 3.8) is 0 Å². The zero-order chi connectivity index (χ0) is 14.3. The van der Waals surface area contributed by atoms with Crippen molar-refractivity contribution in [1.29, 1.82) is 5.41 Å². The Morgan fingerprint density at radius 2 is 2.15 bits per heavy atom. The molecule has 2 saturated heterocycles. The Morgan fingerprint density at radius 3 is 2.90 bits per heavy atom. The first-order valence-electron chi connectivity index (χ1n) is 6.34. The number of fused-ring (bicyclic) bond motifs is 1. The smallest absolute Gasteiger partial charge is 0.157 e. The predicted molar refractivity (Wildman–Crippen MR) is 80.1 cm³/mol. The molecule has 0 radical (unpaired) electrons. The summed E-state index contributed by atoms with van der Waals surface area (Å²) in [5.74, 6) is 1.12. The largest absolute Gasteiger partial charge is 0.496 e. The molecule has 0 unspecified atom stereocenters. The molecule has 2 fully saturated rings. The lowest BCUT2D eigenvalue weighted by atomic mass is 10.1. The normalized spacial score (nSPS) is 27.6. The molecule has 0 aromatic heterocycles. The molecule has 5 nitrogen and oxygen atoms in total. The second kappa shape index (κ2) is 4.96. The molecule has 3 rings (SSSR count). The van der Waals surface area contributed by atoms with Gasteiger partial charge in [-0.1, -0.05) is 30.0 Å². The Hall–Kier alpha value is -1.21. The van der Waals surface area contributed by atoms with Gasteiger partial charge in [-0.2, -0.15) is 0 Å². The molecule has 0 aliphatic carbocycles. The monoisotopic (exact) mass is 312 g/mol. The molecule has 1 aromatic rings. The summed E-state index contributed by atoms with van der Waals surface area (Å²) in [5, 5.41) is 8.52. The molecule has 0 spiro atoms. The predicted octanol–water partition coefficient (Wildman–Crippen LogP) is 1.34. The standard InChI is InChI=1S/C13H16N2O3S2/c1-18-11-5-3-2-4-9(11)6-15-10-7-20(16,17)8-12(10)19-13(15)14/h2-5,10,12,14H,6-8H2,1H3/t10-,12-/m0/s1. The second-order valence-corrected chi connectivity index (χ2v) is 8.43. The van der Waals surface area contributed by atoms with Gasteiger partial charge in [0.05, 0.1) is 24.7 Å². The van der Waals surface area contributed by atoms with Gasteiger partial charge < -0.3 is 9.64 Å². The number of methoxy groups -OCH3 is 1. The molecule has 1 aromatic carbocycles. The van der Waals surface area contributed by atoms with Crippen LogP contribution >= 0.6 is 11.8 Å². The van der Waals surface area contributed by atoms with Crippen molar-refractivity contribution < 1.29 is 13.2 Å². The maximum atomic E-state index is 11.7. The Bertz CT molecular complexity index is 645. The number of hydrogen-bond acceptors (Lipinski definition) is 5. The van der Waals surface area contributed by atoms with Gasteiger partial charge in [-0.3, -0.25) is 5.41 Å². The van der Waals surface area contributed by atoms with Crippen molar-refractivity contribution in [2.45, 2.75) is 17.8 Å². The summed E-state index contributed by atoms with van der Waals surface area (Å²) in [7, 11) is -1.34. The molecule has 0 saturated carbocycles. The van der Waals surface area contributed by atoms with Crippen molar-refractivity contribution in [2.24, 2.45) is 0 Å². The molecule has 2 aliphatic rings. The summed E-state index contributed by atoms with van der Waals surface area (Å²) in [4.78, 5) is 1.89. The number of sulfone groups is 1. The molecule has 2 aliphatic heterocycles. The summed E-state index contributed by atoms with van der Waals surface area (Å²) < 4.78 is 28.8. The van der Waals surface area contributed by atoms with E-state index in [4.69, 9.17) is 10.1 Å². The zero-order valence-corrected chi connectivity index (χ0v) is 12.7. The highest BCUT2D eigenvalue weighted by atomic mass is 32.2. The third-order valence-electron chi connectivity index (χ3n) is 3.73. The number of nitrogens with one attached hydrogen (secondary N) is 1. The second-order valence-electron chi connectivity index (χ2n) is 5.05. The van der Waals surface area contributed by atoms with Crippen molar-refractivity contribution in [3.8, 4) is 5.75 Å². The highest BCUT2D eigenvalue weighted by Gasteiger charge is 2.48. The fourth-order valence-electron chi connectivity index (χ4n) is 2.77. The van der Waals surface area contributed by atoms with Gasteiger partial charge in [0, 0.05) is 17.4 Å². The zero-order valence-electron chi connectivity index (χ0n) is 11.1. The number of amidine groups is 1. The van der Waals surface area contributed by atoms with Crippen LogP contribution in [0.3, 0.4) is 0 Å². The molecule has 108 valence electrons. The van der Waals surface area contributed by atoms with Gasteiger partial charge in [-0.15, -0.1) is 0 Å². The van der Waals surface area contributed by atoms with Crippen molar-refractivity contribution in [3.05, 3.63) is 29.8 Å². The maximum Gasteiger partial charge on any atom is 0.157 e. The van der Waals surface area contributed by atoms with Crippen LogP contribution in [-0.4, -0.2) is 48.4 Å². The topological polar surface area (TPSA) is 70.5 Å². The van der Waals surface area contributed by atoms with Crippen molar-refractivity contribution >= 4 is 26.8 Å². The molecular weight excluding hydrogens is 296 g/mol. The number of benzene rings is 1. The molecule has 1 N–H and O–H groups in total. The third kappa shape index (κ3) is 2.40. The first-order chi connectivity index (χ1) is 9.50. The Labute approximate surface area is 122 Å². The van der Waals surface area contributed by atoms with E-state index in [1.165, 1.54) is 11.8 Å². The van der Waals surface area contributed by atoms with Gasteiger partial charge >= 0.3 is 0 Å². The highest BCUT2D eigenvalue weighted by Crippen LogP contribution is 2.38. The molecule has 7 heteroatoms. The van der Waals surface area contributed by atoms with Crippen molar-refractivity contribution in [2.75, 3.05) is 18.6 Å². The minimum absolute atomic E-state index is 0.00204. The van der Waals surface area contributed by atoms with Gasteiger partial charge in [0.2, 0.25) is 0 Å². The molecule has 2 atom stereocenters. The van der Waals surface area contributed by atoms with E-state index < -0.39 is 9.84 Å². The van der Waals surface area contributed by atoms with Crippen LogP contribution in [0.4, 0.5) is 0 Å². The lowest BCUT2D eigenvalue weighted by molar-refractivity contribution is 0.337. The number of para-hydroxylation sites is 1. The van der Waals surface area contributed by atoms with E-state index in [0.717, 1.165) is 11.3 Å². The Kier molecular flexibility index (Phi) is 3.41. The lowest BCUT2D eigenvalue weighted by Crippen LogP contribution is -2.36. The van der Waals surface area contributed by atoms with Crippen LogP contribution in [0.2, 0.25) is 0 Å². The molecule has 0 amide bonds. The lowest BCUT2D eigenvalue weighted by Gasteiger charge is -2.24. The van der Waals surface area contributed by atoms with Gasteiger partial charge in [-0.25, -0.2) is 8.42 Å². The van der Waals surface area contributed by atoms with E-state index in [2.05, 4.69) is 0 Å². The van der Waals surface area contributed by atoms with E-state index in [0.29, 0.717) is 11.7 Å². The Morgan fingerprint density at radius 1 is 1.40 bits per heavy atom. The van der Waals surface area contributed by atoms with Gasteiger partial charge in [-0.05, 0) is 6.07 Å². The van der Waals surface area contributed by atoms with Crippen molar-refractivity contribution in [1.82, 2.24) is 4.90 Å². The molecular formula is C13H16N2O3S2. The summed E-state index contributed by atoms with van der Waals surface area (Å²) in [5.41, 5.74) is 0.977. The fraction of sp³-hybridized carbons (Fsp3) is 0.462. The Balaban J connectivity index is 1.85. The average molecular weight is 312 g/mol. The first kappa shape index (κ1) is 13.8.